The van der Waals surface area contributed by atoms with E-state index in [4.69, 9.17) is 4.74 Å². The third-order valence-corrected chi connectivity index (χ3v) is 4.58. The van der Waals surface area contributed by atoms with Crippen molar-refractivity contribution < 1.29 is 14.3 Å². The first-order valence-corrected chi connectivity index (χ1v) is 9.51. The minimum atomic E-state index is -0.454. The number of hydrogen-bond donors (Lipinski definition) is 0. The summed E-state index contributed by atoms with van der Waals surface area (Å²) in [5, 5.41) is 0. The van der Waals surface area contributed by atoms with Gasteiger partial charge in [0.15, 0.2) is 0 Å². The molecule has 3 aromatic rings. The highest BCUT2D eigenvalue weighted by atomic mass is 16.5. The van der Waals surface area contributed by atoms with Crippen LogP contribution in [0.5, 0.6) is 0 Å². The van der Waals surface area contributed by atoms with Gasteiger partial charge in [0.1, 0.15) is 6.61 Å². The van der Waals surface area contributed by atoms with E-state index in [-0.39, 0.29) is 18.6 Å². The lowest BCUT2D eigenvalue weighted by Crippen LogP contribution is -2.42. The van der Waals surface area contributed by atoms with Crippen LogP contribution in [-0.2, 0) is 11.3 Å². The van der Waals surface area contributed by atoms with E-state index in [1.807, 2.05) is 37.3 Å². The van der Waals surface area contributed by atoms with Crippen LogP contribution in [0.2, 0.25) is 0 Å². The third-order valence-electron chi connectivity index (χ3n) is 4.58. The molecule has 0 radical (unpaired) electrons. The fourth-order valence-corrected chi connectivity index (χ4v) is 2.97. The normalized spacial score (nSPS) is 11.5. The van der Waals surface area contributed by atoms with Crippen LogP contribution in [0.25, 0.3) is 0 Å². The first-order valence-electron chi connectivity index (χ1n) is 9.51. The molecule has 0 spiro atoms. The van der Waals surface area contributed by atoms with Gasteiger partial charge in [-0.05, 0) is 36.2 Å². The van der Waals surface area contributed by atoms with E-state index < -0.39 is 5.97 Å². The highest BCUT2D eigenvalue weighted by Crippen LogP contribution is 2.16. The zero-order chi connectivity index (χ0) is 20.5. The van der Waals surface area contributed by atoms with E-state index in [0.29, 0.717) is 24.1 Å². The molecule has 0 saturated carbocycles. The molecule has 0 aliphatic carbocycles. The summed E-state index contributed by atoms with van der Waals surface area (Å²) in [5.41, 5.74) is 1.89. The largest absolute Gasteiger partial charge is 0.460 e. The third kappa shape index (κ3) is 5.48. The van der Waals surface area contributed by atoms with Crippen LogP contribution in [0.15, 0.2) is 79.4 Å². The van der Waals surface area contributed by atoms with Crippen LogP contribution in [0.3, 0.4) is 0 Å². The molecular weight excluding hydrogens is 366 g/mol. The quantitative estimate of drug-likeness (QED) is 0.549. The van der Waals surface area contributed by atoms with Crippen LogP contribution in [0.4, 0.5) is 0 Å². The van der Waals surface area contributed by atoms with Crippen molar-refractivity contribution in [1.82, 2.24) is 14.9 Å². The zero-order valence-electron chi connectivity index (χ0n) is 16.3. The van der Waals surface area contributed by atoms with Crippen LogP contribution >= 0.6 is 0 Å². The van der Waals surface area contributed by atoms with E-state index >= 15 is 0 Å². The Balaban J connectivity index is 1.78. The number of nitrogens with zero attached hydrogens (tertiary/aromatic N) is 3. The van der Waals surface area contributed by atoms with Gasteiger partial charge in [-0.2, -0.15) is 0 Å². The molecule has 0 fully saturated rings. The average Bonchev–Trinajstić information content (AvgIpc) is 2.80. The van der Waals surface area contributed by atoms with Crippen molar-refractivity contribution in [1.29, 1.82) is 0 Å². The molecule has 3 rings (SSSR count). The van der Waals surface area contributed by atoms with Crippen molar-refractivity contribution in [2.75, 3.05) is 6.61 Å². The maximum atomic E-state index is 13.2. The lowest BCUT2D eigenvalue weighted by molar-refractivity contribution is 0.0296. The molecule has 2 heterocycles. The molecule has 1 aromatic carbocycles. The maximum absolute atomic E-state index is 13.2. The van der Waals surface area contributed by atoms with E-state index in [0.717, 1.165) is 5.56 Å². The fraction of sp³-hybridized carbons (Fsp3) is 0.217. The van der Waals surface area contributed by atoms with Crippen molar-refractivity contribution in [2.24, 2.45) is 0 Å². The molecule has 2 aromatic heterocycles. The summed E-state index contributed by atoms with van der Waals surface area (Å²) in [6, 6.07) is 16.3. The van der Waals surface area contributed by atoms with Gasteiger partial charge in [-0.25, -0.2) is 4.79 Å². The number of carbonyl (C=O) groups is 2. The molecule has 0 aliphatic rings. The van der Waals surface area contributed by atoms with Gasteiger partial charge < -0.3 is 9.64 Å². The van der Waals surface area contributed by atoms with Crippen LogP contribution in [0.1, 0.15) is 39.6 Å². The molecule has 6 nitrogen and oxygen atoms in total. The van der Waals surface area contributed by atoms with Crippen molar-refractivity contribution in [3.63, 3.8) is 0 Å². The Labute approximate surface area is 170 Å². The number of esters is 1. The van der Waals surface area contributed by atoms with Crippen molar-refractivity contribution in [3.05, 3.63) is 96.1 Å². The van der Waals surface area contributed by atoms with Gasteiger partial charge in [-0.15, -0.1) is 0 Å². The van der Waals surface area contributed by atoms with Crippen LogP contribution < -0.4 is 0 Å². The molecule has 148 valence electrons. The highest BCUT2D eigenvalue weighted by molar-refractivity contribution is 5.94. The van der Waals surface area contributed by atoms with Crippen molar-refractivity contribution in [2.45, 2.75) is 25.9 Å². The highest BCUT2D eigenvalue weighted by Gasteiger charge is 2.25. The van der Waals surface area contributed by atoms with Gasteiger partial charge in [-0.3, -0.25) is 14.8 Å². The topological polar surface area (TPSA) is 72.4 Å². The molecule has 0 bridgehead atoms. The van der Waals surface area contributed by atoms with Crippen molar-refractivity contribution in [3.8, 4) is 0 Å². The Kier molecular flexibility index (Phi) is 7.05. The summed E-state index contributed by atoms with van der Waals surface area (Å²) in [7, 11) is 0. The number of aromatic nitrogens is 2. The van der Waals surface area contributed by atoms with Crippen LogP contribution in [-0.4, -0.2) is 39.4 Å². The number of amides is 1. The SMILES string of the molecule is CCC(COC(=O)c1cccnc1)N(Cc1ccccc1)C(=O)c1cccnc1. The standard InChI is InChI=1S/C23H23N3O3/c1-2-21(17-29-23(28)20-11-7-13-25-15-20)26(16-18-8-4-3-5-9-18)22(27)19-10-6-12-24-14-19/h3-15,21H,2,16-17H2,1H3. The molecule has 0 N–H and O–H groups in total. The Hall–Kier alpha value is -3.54. The number of pyridine rings is 2. The van der Waals surface area contributed by atoms with Gasteiger partial charge >= 0.3 is 5.97 Å². The molecular formula is C23H23N3O3. The molecule has 0 saturated heterocycles. The molecule has 6 heteroatoms. The summed E-state index contributed by atoms with van der Waals surface area (Å²) in [6.45, 7) is 2.48. The molecule has 1 amide bonds. The Morgan fingerprint density at radius 1 is 0.931 bits per heavy atom. The van der Waals surface area contributed by atoms with Gasteiger partial charge in [-0.1, -0.05) is 37.3 Å². The van der Waals surface area contributed by atoms with Gasteiger partial charge in [0.2, 0.25) is 0 Å². The van der Waals surface area contributed by atoms with E-state index in [2.05, 4.69) is 9.97 Å². The second-order valence-corrected chi connectivity index (χ2v) is 6.56. The molecule has 1 atom stereocenters. The van der Waals surface area contributed by atoms with E-state index in [9.17, 15) is 9.59 Å². The predicted molar refractivity (Wildman–Crippen MR) is 109 cm³/mol. The van der Waals surface area contributed by atoms with E-state index in [1.165, 1.54) is 6.20 Å². The average molecular weight is 389 g/mol. The Morgan fingerprint density at radius 3 is 2.17 bits per heavy atom. The smallest absolute Gasteiger partial charge is 0.339 e. The summed E-state index contributed by atoms with van der Waals surface area (Å²) in [6.07, 6.45) is 6.88. The molecule has 1 unspecified atom stereocenters. The molecule has 29 heavy (non-hydrogen) atoms. The summed E-state index contributed by atoms with van der Waals surface area (Å²) >= 11 is 0. The zero-order valence-corrected chi connectivity index (χ0v) is 16.3. The van der Waals surface area contributed by atoms with Crippen LogP contribution in [0, 0.1) is 0 Å². The van der Waals surface area contributed by atoms with Gasteiger partial charge in [0, 0.05) is 31.3 Å². The van der Waals surface area contributed by atoms with E-state index in [1.54, 1.807) is 47.8 Å². The Morgan fingerprint density at radius 2 is 1.59 bits per heavy atom. The number of benzene rings is 1. The Bertz CT molecular complexity index is 918. The second-order valence-electron chi connectivity index (χ2n) is 6.56. The monoisotopic (exact) mass is 389 g/mol. The van der Waals surface area contributed by atoms with Crippen molar-refractivity contribution >= 4 is 11.9 Å². The first-order chi connectivity index (χ1) is 14.2. The summed E-state index contributed by atoms with van der Waals surface area (Å²) in [5.74, 6) is -0.601. The maximum Gasteiger partial charge on any atom is 0.339 e. The first kappa shape index (κ1) is 20.2. The lowest BCUT2D eigenvalue weighted by atomic mass is 10.1. The number of rotatable bonds is 8. The van der Waals surface area contributed by atoms with Gasteiger partial charge in [0.05, 0.1) is 17.2 Å². The predicted octanol–water partition coefficient (Wildman–Crippen LogP) is 3.75. The minimum absolute atomic E-state index is 0.100. The number of hydrogen-bond acceptors (Lipinski definition) is 5. The number of carbonyl (C=O) groups excluding carboxylic acids is 2. The lowest BCUT2D eigenvalue weighted by Gasteiger charge is -2.31. The van der Waals surface area contributed by atoms with Gasteiger partial charge in [0.25, 0.3) is 5.91 Å². The molecule has 0 aliphatic heterocycles. The second kappa shape index (κ2) is 10.1. The number of ether oxygens (including phenoxy) is 1. The minimum Gasteiger partial charge on any atom is -0.460 e. The summed E-state index contributed by atoms with van der Waals surface area (Å²) in [4.78, 5) is 35.2. The fourth-order valence-electron chi connectivity index (χ4n) is 2.97. The summed E-state index contributed by atoms with van der Waals surface area (Å²) < 4.78 is 5.50.